The maximum absolute atomic E-state index is 13.7. The summed E-state index contributed by atoms with van der Waals surface area (Å²) in [4.78, 5) is 3.77. The van der Waals surface area contributed by atoms with Gasteiger partial charge in [0.25, 0.3) is 0 Å². The largest absolute Gasteiger partial charge is 0.368 e. The quantitative estimate of drug-likeness (QED) is 0.860. The minimum atomic E-state index is -0.897. The Kier molecular flexibility index (Phi) is 4.49. The van der Waals surface area contributed by atoms with Gasteiger partial charge in [-0.3, -0.25) is 0 Å². The Bertz CT molecular complexity index is 634. The van der Waals surface area contributed by atoms with Crippen LogP contribution >= 0.6 is 15.9 Å². The summed E-state index contributed by atoms with van der Waals surface area (Å²) in [6, 6.07) is 4.95. The number of aromatic nitrogens is 1. The van der Waals surface area contributed by atoms with E-state index in [-0.39, 0.29) is 17.3 Å². The maximum atomic E-state index is 13.7. The lowest BCUT2D eigenvalue weighted by atomic mass is 10.3. The molecule has 2 N–H and O–H groups in total. The van der Waals surface area contributed by atoms with Crippen LogP contribution in [0, 0.1) is 17.5 Å². The predicted molar refractivity (Wildman–Crippen MR) is 75.7 cm³/mol. The van der Waals surface area contributed by atoms with Crippen LogP contribution < -0.4 is 10.6 Å². The normalized spacial score (nSPS) is 10.4. The second-order valence-electron chi connectivity index (χ2n) is 3.93. The lowest BCUT2D eigenvalue weighted by Gasteiger charge is -2.11. The van der Waals surface area contributed by atoms with Crippen molar-refractivity contribution in [3.05, 3.63) is 46.2 Å². The lowest BCUT2D eigenvalue weighted by Crippen LogP contribution is -2.07. The molecule has 0 aliphatic rings. The molecule has 106 valence electrons. The van der Waals surface area contributed by atoms with Gasteiger partial charge in [0, 0.05) is 17.1 Å². The standard InChI is InChI=1S/C13H11BrF3N3/c1-2-18-12-9(16)6-10(17)13(20-12)19-11-4-3-7(14)5-8(11)15/h3-6H,2H2,1H3,(H2,18,19,20). The number of pyridine rings is 1. The van der Waals surface area contributed by atoms with Crippen LogP contribution in [-0.4, -0.2) is 11.5 Å². The number of halogens is 4. The topological polar surface area (TPSA) is 37.0 Å². The lowest BCUT2D eigenvalue weighted by molar-refractivity contribution is 0.579. The van der Waals surface area contributed by atoms with Gasteiger partial charge >= 0.3 is 0 Å². The molecule has 0 aliphatic heterocycles. The molecule has 0 bridgehead atoms. The summed E-state index contributed by atoms with van der Waals surface area (Å²) < 4.78 is 41.3. The van der Waals surface area contributed by atoms with Gasteiger partial charge in [-0.2, -0.15) is 0 Å². The smallest absolute Gasteiger partial charge is 0.169 e. The SMILES string of the molecule is CCNc1nc(Nc2ccc(Br)cc2F)c(F)cc1F. The van der Waals surface area contributed by atoms with Crippen molar-refractivity contribution in [2.75, 3.05) is 17.2 Å². The Morgan fingerprint density at radius 3 is 2.40 bits per heavy atom. The van der Waals surface area contributed by atoms with Crippen molar-refractivity contribution in [3.63, 3.8) is 0 Å². The van der Waals surface area contributed by atoms with E-state index in [1.165, 1.54) is 12.1 Å². The van der Waals surface area contributed by atoms with Gasteiger partial charge in [0.05, 0.1) is 5.69 Å². The second kappa shape index (κ2) is 6.13. The molecule has 1 heterocycles. The highest BCUT2D eigenvalue weighted by Crippen LogP contribution is 2.25. The molecule has 0 unspecified atom stereocenters. The minimum Gasteiger partial charge on any atom is -0.368 e. The van der Waals surface area contributed by atoms with Crippen LogP contribution in [-0.2, 0) is 0 Å². The Morgan fingerprint density at radius 1 is 1.05 bits per heavy atom. The van der Waals surface area contributed by atoms with Gasteiger partial charge in [-0.25, -0.2) is 18.2 Å². The van der Waals surface area contributed by atoms with Crippen molar-refractivity contribution in [3.8, 4) is 0 Å². The van der Waals surface area contributed by atoms with Crippen molar-refractivity contribution >= 4 is 33.3 Å². The third kappa shape index (κ3) is 3.22. The first kappa shape index (κ1) is 14.6. The van der Waals surface area contributed by atoms with E-state index in [2.05, 4.69) is 31.5 Å². The third-order valence-corrected chi connectivity index (χ3v) is 2.95. The number of nitrogens with one attached hydrogen (secondary N) is 2. The number of anilines is 3. The first-order valence-electron chi connectivity index (χ1n) is 5.83. The molecule has 0 atom stereocenters. The van der Waals surface area contributed by atoms with E-state index in [1.807, 2.05) is 0 Å². The van der Waals surface area contributed by atoms with E-state index in [1.54, 1.807) is 13.0 Å². The van der Waals surface area contributed by atoms with Crippen LogP contribution in [0.3, 0.4) is 0 Å². The summed E-state index contributed by atoms with van der Waals surface area (Å²) in [6.07, 6.45) is 0. The number of hydrogen-bond acceptors (Lipinski definition) is 3. The fourth-order valence-electron chi connectivity index (χ4n) is 1.56. The van der Waals surface area contributed by atoms with Crippen molar-refractivity contribution in [2.45, 2.75) is 6.92 Å². The Hall–Kier alpha value is -1.76. The monoisotopic (exact) mass is 345 g/mol. The molecular weight excluding hydrogens is 335 g/mol. The molecule has 7 heteroatoms. The number of hydrogen-bond donors (Lipinski definition) is 2. The minimum absolute atomic E-state index is 0.0497. The molecular formula is C13H11BrF3N3. The van der Waals surface area contributed by atoms with E-state index in [0.717, 1.165) is 0 Å². The third-order valence-electron chi connectivity index (χ3n) is 2.46. The molecule has 2 rings (SSSR count). The molecule has 0 aliphatic carbocycles. The first-order valence-corrected chi connectivity index (χ1v) is 6.62. The van der Waals surface area contributed by atoms with Crippen LogP contribution in [0.2, 0.25) is 0 Å². The first-order chi connectivity index (χ1) is 9.51. The summed E-state index contributed by atoms with van der Waals surface area (Å²) in [5.74, 6) is -2.61. The molecule has 0 spiro atoms. The Balaban J connectivity index is 2.35. The summed E-state index contributed by atoms with van der Waals surface area (Å²) in [5, 5.41) is 5.16. The van der Waals surface area contributed by atoms with Gasteiger partial charge in [0.1, 0.15) is 5.82 Å². The molecule has 0 fully saturated rings. The fraction of sp³-hybridized carbons (Fsp3) is 0.154. The van der Waals surface area contributed by atoms with Gasteiger partial charge in [-0.15, -0.1) is 0 Å². The van der Waals surface area contributed by atoms with E-state index in [9.17, 15) is 13.2 Å². The van der Waals surface area contributed by atoms with Gasteiger partial charge in [-0.05, 0) is 25.1 Å². The second-order valence-corrected chi connectivity index (χ2v) is 4.84. The van der Waals surface area contributed by atoms with E-state index in [0.29, 0.717) is 17.1 Å². The molecule has 1 aromatic heterocycles. The van der Waals surface area contributed by atoms with E-state index >= 15 is 0 Å². The fourth-order valence-corrected chi connectivity index (χ4v) is 1.90. The van der Waals surface area contributed by atoms with Crippen molar-refractivity contribution in [1.82, 2.24) is 4.98 Å². The van der Waals surface area contributed by atoms with Gasteiger partial charge in [0.15, 0.2) is 23.3 Å². The number of nitrogens with zero attached hydrogens (tertiary/aromatic N) is 1. The van der Waals surface area contributed by atoms with Crippen molar-refractivity contribution < 1.29 is 13.2 Å². The molecule has 2 aromatic rings. The Morgan fingerprint density at radius 2 is 1.75 bits per heavy atom. The van der Waals surface area contributed by atoms with E-state index in [4.69, 9.17) is 0 Å². The van der Waals surface area contributed by atoms with Gasteiger partial charge in [-0.1, -0.05) is 15.9 Å². The molecule has 3 nitrogen and oxygen atoms in total. The van der Waals surface area contributed by atoms with Gasteiger partial charge in [0.2, 0.25) is 0 Å². The average molecular weight is 346 g/mol. The molecule has 0 saturated carbocycles. The van der Waals surface area contributed by atoms with Gasteiger partial charge < -0.3 is 10.6 Å². The summed E-state index contributed by atoms with van der Waals surface area (Å²) in [7, 11) is 0. The zero-order valence-electron chi connectivity index (χ0n) is 10.5. The van der Waals surface area contributed by atoms with Crippen molar-refractivity contribution in [2.24, 2.45) is 0 Å². The summed E-state index contributed by atoms with van der Waals surface area (Å²) in [6.45, 7) is 2.19. The highest BCUT2D eigenvalue weighted by atomic mass is 79.9. The zero-order chi connectivity index (χ0) is 14.7. The molecule has 20 heavy (non-hydrogen) atoms. The van der Waals surface area contributed by atoms with Crippen LogP contribution in [0.1, 0.15) is 6.92 Å². The number of benzene rings is 1. The average Bonchev–Trinajstić information content (AvgIpc) is 2.38. The predicted octanol–water partition coefficient (Wildman–Crippen LogP) is 4.44. The van der Waals surface area contributed by atoms with E-state index < -0.39 is 17.5 Å². The van der Waals surface area contributed by atoms with Crippen LogP contribution in [0.4, 0.5) is 30.5 Å². The molecule has 0 saturated heterocycles. The highest BCUT2D eigenvalue weighted by molar-refractivity contribution is 9.10. The molecule has 0 amide bonds. The molecule has 1 aromatic carbocycles. The van der Waals surface area contributed by atoms with Crippen LogP contribution in [0.5, 0.6) is 0 Å². The van der Waals surface area contributed by atoms with Crippen LogP contribution in [0.15, 0.2) is 28.7 Å². The summed E-state index contributed by atoms with van der Waals surface area (Å²) in [5.41, 5.74) is 0.0497. The van der Waals surface area contributed by atoms with Crippen LogP contribution in [0.25, 0.3) is 0 Å². The highest BCUT2D eigenvalue weighted by Gasteiger charge is 2.13. The number of rotatable bonds is 4. The zero-order valence-corrected chi connectivity index (χ0v) is 12.1. The maximum Gasteiger partial charge on any atom is 0.169 e. The molecule has 0 radical (unpaired) electrons. The van der Waals surface area contributed by atoms with Crippen molar-refractivity contribution in [1.29, 1.82) is 0 Å². The Labute approximate surface area is 122 Å². The summed E-state index contributed by atoms with van der Waals surface area (Å²) >= 11 is 3.12.